The van der Waals surface area contributed by atoms with Crippen LogP contribution in [0.15, 0.2) is 35.1 Å². The van der Waals surface area contributed by atoms with E-state index in [1.54, 1.807) is 31.5 Å². The minimum absolute atomic E-state index is 0.0429. The molecule has 0 aromatic carbocycles. The molecule has 0 unspecified atom stereocenters. The summed E-state index contributed by atoms with van der Waals surface area (Å²) >= 11 is 0. The van der Waals surface area contributed by atoms with E-state index in [9.17, 15) is 14.7 Å². The minimum Gasteiger partial charge on any atom is -0.480 e. The van der Waals surface area contributed by atoms with Crippen molar-refractivity contribution in [3.8, 4) is 11.3 Å². The number of carbonyl (C=O) groups is 2. The summed E-state index contributed by atoms with van der Waals surface area (Å²) in [4.78, 5) is 27.2. The molecule has 2 aromatic rings. The second-order valence-corrected chi connectivity index (χ2v) is 4.99. The van der Waals surface area contributed by atoms with Crippen molar-refractivity contribution in [2.75, 3.05) is 0 Å². The van der Waals surface area contributed by atoms with Gasteiger partial charge in [0.2, 0.25) is 0 Å². The van der Waals surface area contributed by atoms with Crippen LogP contribution in [0.4, 0.5) is 0 Å². The number of rotatable bonds is 6. The molecule has 7 heteroatoms. The summed E-state index contributed by atoms with van der Waals surface area (Å²) in [5.41, 5.74) is 0.777. The van der Waals surface area contributed by atoms with Gasteiger partial charge in [-0.2, -0.15) is 0 Å². The highest BCUT2D eigenvalue weighted by atomic mass is 16.5. The third-order valence-corrected chi connectivity index (χ3v) is 3.47. The van der Waals surface area contributed by atoms with E-state index in [2.05, 4.69) is 15.5 Å². The highest BCUT2D eigenvalue weighted by molar-refractivity contribution is 5.95. The largest absolute Gasteiger partial charge is 0.480 e. The van der Waals surface area contributed by atoms with Crippen LogP contribution in [0.5, 0.6) is 0 Å². The fourth-order valence-corrected chi connectivity index (χ4v) is 1.93. The molecule has 0 fully saturated rings. The van der Waals surface area contributed by atoms with Crippen LogP contribution in [0.2, 0.25) is 0 Å². The number of nitrogens with zero attached hydrogens (tertiary/aromatic N) is 2. The molecule has 2 rings (SSSR count). The average molecular weight is 303 g/mol. The van der Waals surface area contributed by atoms with Gasteiger partial charge in [-0.1, -0.05) is 25.4 Å². The van der Waals surface area contributed by atoms with E-state index in [1.807, 2.05) is 6.92 Å². The van der Waals surface area contributed by atoms with Gasteiger partial charge in [0.05, 0.1) is 0 Å². The Balaban J connectivity index is 2.13. The summed E-state index contributed by atoms with van der Waals surface area (Å²) in [5.74, 6) is -1.41. The Kier molecular flexibility index (Phi) is 4.88. The summed E-state index contributed by atoms with van der Waals surface area (Å²) in [6.07, 6.45) is 3.83. The first-order valence-corrected chi connectivity index (χ1v) is 6.93. The van der Waals surface area contributed by atoms with Crippen LogP contribution in [0.1, 0.15) is 30.8 Å². The lowest BCUT2D eigenvalue weighted by molar-refractivity contribution is -0.140. The number of amides is 1. The van der Waals surface area contributed by atoms with Crippen molar-refractivity contribution >= 4 is 11.9 Å². The zero-order chi connectivity index (χ0) is 16.1. The van der Waals surface area contributed by atoms with Gasteiger partial charge in [0.15, 0.2) is 11.5 Å². The minimum atomic E-state index is -1.07. The van der Waals surface area contributed by atoms with Crippen molar-refractivity contribution in [2.45, 2.75) is 26.3 Å². The molecule has 2 atom stereocenters. The molecule has 0 saturated carbocycles. The van der Waals surface area contributed by atoms with Crippen LogP contribution in [0, 0.1) is 5.92 Å². The molecule has 22 heavy (non-hydrogen) atoms. The van der Waals surface area contributed by atoms with Crippen molar-refractivity contribution in [3.63, 3.8) is 0 Å². The predicted octanol–water partition coefficient (Wildman–Crippen LogP) is 1.97. The molecule has 0 aliphatic heterocycles. The maximum absolute atomic E-state index is 12.1. The number of aromatic nitrogens is 2. The highest BCUT2D eigenvalue weighted by Crippen LogP contribution is 2.19. The molecule has 0 radical (unpaired) electrons. The van der Waals surface area contributed by atoms with E-state index in [1.165, 1.54) is 6.07 Å². The van der Waals surface area contributed by atoms with Crippen LogP contribution in [-0.4, -0.2) is 33.2 Å². The number of hydrogen-bond donors (Lipinski definition) is 2. The van der Waals surface area contributed by atoms with Gasteiger partial charge in [0.1, 0.15) is 6.04 Å². The Morgan fingerprint density at radius 1 is 1.36 bits per heavy atom. The first kappa shape index (κ1) is 15.7. The lowest BCUT2D eigenvalue weighted by Gasteiger charge is -2.19. The molecule has 116 valence electrons. The lowest BCUT2D eigenvalue weighted by atomic mass is 9.99. The maximum Gasteiger partial charge on any atom is 0.326 e. The topological polar surface area (TPSA) is 105 Å². The normalized spacial score (nSPS) is 13.4. The van der Waals surface area contributed by atoms with Crippen LogP contribution in [0.3, 0.4) is 0 Å². The molecule has 0 saturated heterocycles. The number of aliphatic carboxylic acids is 1. The molecule has 2 aromatic heterocycles. The Labute approximate surface area is 127 Å². The second kappa shape index (κ2) is 6.84. The fraction of sp³-hybridized carbons (Fsp3) is 0.333. The highest BCUT2D eigenvalue weighted by Gasteiger charge is 2.27. The molecule has 2 heterocycles. The van der Waals surface area contributed by atoms with Crippen molar-refractivity contribution in [3.05, 3.63) is 36.3 Å². The molecule has 1 amide bonds. The van der Waals surface area contributed by atoms with Gasteiger partial charge in [-0.25, -0.2) is 4.79 Å². The second-order valence-electron chi connectivity index (χ2n) is 4.99. The molecule has 0 aliphatic rings. The molecule has 0 bridgehead atoms. The Bertz CT molecular complexity index is 654. The standard InChI is InChI=1S/C15H17N3O4/c1-3-9(2)13(15(20)21)17-14(19)11-8-12(22-18-11)10-4-6-16-7-5-10/h4-9,13H,3H2,1-2H3,(H,17,19)(H,20,21)/t9-,13-/m0/s1. The van der Waals surface area contributed by atoms with Crippen LogP contribution in [0.25, 0.3) is 11.3 Å². The molecule has 0 aliphatic carbocycles. The third-order valence-electron chi connectivity index (χ3n) is 3.47. The number of hydrogen-bond acceptors (Lipinski definition) is 5. The summed E-state index contributed by atoms with van der Waals surface area (Å²) < 4.78 is 5.11. The van der Waals surface area contributed by atoms with Gasteiger partial charge in [0, 0.05) is 24.0 Å². The SMILES string of the molecule is CC[C@H](C)[C@H](NC(=O)c1cc(-c2ccncc2)on1)C(=O)O. The van der Waals surface area contributed by atoms with E-state index in [-0.39, 0.29) is 11.6 Å². The molecular weight excluding hydrogens is 286 g/mol. The lowest BCUT2D eigenvalue weighted by Crippen LogP contribution is -2.45. The molecular formula is C15H17N3O4. The number of carboxylic acid groups (broad SMARTS) is 1. The summed E-state index contributed by atoms with van der Waals surface area (Å²) in [5, 5.41) is 15.4. The van der Waals surface area contributed by atoms with E-state index < -0.39 is 17.9 Å². The van der Waals surface area contributed by atoms with Gasteiger partial charge < -0.3 is 14.9 Å². The zero-order valence-corrected chi connectivity index (χ0v) is 12.3. The fourth-order valence-electron chi connectivity index (χ4n) is 1.93. The van der Waals surface area contributed by atoms with E-state index in [0.29, 0.717) is 12.2 Å². The van der Waals surface area contributed by atoms with Gasteiger partial charge in [-0.3, -0.25) is 9.78 Å². The first-order chi connectivity index (χ1) is 10.5. The molecule has 2 N–H and O–H groups in total. The van der Waals surface area contributed by atoms with E-state index in [0.717, 1.165) is 5.56 Å². The monoisotopic (exact) mass is 303 g/mol. The van der Waals surface area contributed by atoms with Crippen molar-refractivity contribution in [2.24, 2.45) is 5.92 Å². The third kappa shape index (κ3) is 3.49. The van der Waals surface area contributed by atoms with Gasteiger partial charge >= 0.3 is 5.97 Å². The number of nitrogens with one attached hydrogen (secondary N) is 1. The van der Waals surface area contributed by atoms with Crippen molar-refractivity contribution < 1.29 is 19.2 Å². The van der Waals surface area contributed by atoms with Crippen LogP contribution >= 0.6 is 0 Å². The molecule has 0 spiro atoms. The predicted molar refractivity (Wildman–Crippen MR) is 78.1 cm³/mol. The van der Waals surface area contributed by atoms with Crippen molar-refractivity contribution in [1.29, 1.82) is 0 Å². The van der Waals surface area contributed by atoms with E-state index in [4.69, 9.17) is 4.52 Å². The maximum atomic E-state index is 12.1. The summed E-state index contributed by atoms with van der Waals surface area (Å²) in [7, 11) is 0. The van der Waals surface area contributed by atoms with Gasteiger partial charge in [-0.15, -0.1) is 0 Å². The zero-order valence-electron chi connectivity index (χ0n) is 12.3. The van der Waals surface area contributed by atoms with E-state index >= 15 is 0 Å². The quantitative estimate of drug-likeness (QED) is 0.845. The van der Waals surface area contributed by atoms with Crippen LogP contribution in [-0.2, 0) is 4.79 Å². The van der Waals surface area contributed by atoms with Gasteiger partial charge in [0.25, 0.3) is 5.91 Å². The van der Waals surface area contributed by atoms with Gasteiger partial charge in [-0.05, 0) is 18.1 Å². The summed E-state index contributed by atoms with van der Waals surface area (Å²) in [6, 6.07) is 3.96. The number of pyridine rings is 1. The smallest absolute Gasteiger partial charge is 0.326 e. The van der Waals surface area contributed by atoms with Crippen molar-refractivity contribution in [1.82, 2.24) is 15.5 Å². The Morgan fingerprint density at radius 3 is 2.64 bits per heavy atom. The Morgan fingerprint density at radius 2 is 2.05 bits per heavy atom. The number of carbonyl (C=O) groups excluding carboxylic acids is 1. The number of carboxylic acids is 1. The summed E-state index contributed by atoms with van der Waals surface area (Å²) in [6.45, 7) is 3.63. The molecule has 7 nitrogen and oxygen atoms in total. The first-order valence-electron chi connectivity index (χ1n) is 6.93. The van der Waals surface area contributed by atoms with Crippen LogP contribution < -0.4 is 5.32 Å². The Hall–Kier alpha value is -2.70. The average Bonchev–Trinajstić information content (AvgIpc) is 3.02.